The zero-order valence-corrected chi connectivity index (χ0v) is 13.5. The van der Waals surface area contributed by atoms with Crippen LogP contribution in [0.5, 0.6) is 0 Å². The topological polar surface area (TPSA) is 29.5 Å². The molecule has 0 amide bonds. The Hall–Kier alpha value is -2.13. The lowest BCUT2D eigenvalue weighted by Crippen LogP contribution is -2.44. The van der Waals surface area contributed by atoms with E-state index in [2.05, 4.69) is 53.4 Å². The largest absolute Gasteiger partial charge is 0.465 e. The van der Waals surface area contributed by atoms with Crippen LogP contribution in [-0.2, 0) is 16.0 Å². The number of rotatable bonds is 3. The second kappa shape index (κ2) is 5.50. The van der Waals surface area contributed by atoms with Crippen molar-refractivity contribution in [2.75, 3.05) is 6.61 Å². The fourth-order valence-electron chi connectivity index (χ4n) is 4.18. The molecule has 2 aliphatic heterocycles. The van der Waals surface area contributed by atoms with E-state index in [-0.39, 0.29) is 24.1 Å². The number of hydrogen-bond donors (Lipinski definition) is 0. The fourth-order valence-corrected chi connectivity index (χ4v) is 4.18. The van der Waals surface area contributed by atoms with E-state index in [9.17, 15) is 4.79 Å². The molecule has 118 valence electrons. The van der Waals surface area contributed by atoms with E-state index in [4.69, 9.17) is 4.74 Å². The minimum absolute atomic E-state index is 0.130. The van der Waals surface area contributed by atoms with Gasteiger partial charge < -0.3 is 4.74 Å². The van der Waals surface area contributed by atoms with Crippen molar-refractivity contribution in [1.29, 1.82) is 0 Å². The first-order valence-corrected chi connectivity index (χ1v) is 8.33. The van der Waals surface area contributed by atoms with Gasteiger partial charge in [-0.05, 0) is 42.5 Å². The number of carbonyl (C=O) groups is 1. The third kappa shape index (κ3) is 2.11. The van der Waals surface area contributed by atoms with Crippen molar-refractivity contribution in [1.82, 2.24) is 4.90 Å². The fraction of sp³-hybridized carbons (Fsp3) is 0.350. The van der Waals surface area contributed by atoms with Gasteiger partial charge in [0.15, 0.2) is 0 Å². The number of nitrogens with zero attached hydrogens (tertiary/aromatic N) is 1. The van der Waals surface area contributed by atoms with Gasteiger partial charge in [0, 0.05) is 6.04 Å². The Morgan fingerprint density at radius 2 is 1.78 bits per heavy atom. The molecule has 3 unspecified atom stereocenters. The average molecular weight is 307 g/mol. The van der Waals surface area contributed by atoms with Crippen LogP contribution in [0.4, 0.5) is 0 Å². The van der Waals surface area contributed by atoms with Crippen LogP contribution in [0.2, 0.25) is 0 Å². The van der Waals surface area contributed by atoms with E-state index in [1.807, 2.05) is 13.8 Å². The molecule has 3 nitrogen and oxygen atoms in total. The summed E-state index contributed by atoms with van der Waals surface area (Å²) in [4.78, 5) is 14.7. The van der Waals surface area contributed by atoms with Crippen LogP contribution in [-0.4, -0.2) is 23.5 Å². The molecule has 2 heterocycles. The van der Waals surface area contributed by atoms with Crippen molar-refractivity contribution in [2.45, 2.75) is 38.4 Å². The Morgan fingerprint density at radius 3 is 2.52 bits per heavy atom. The zero-order valence-electron chi connectivity index (χ0n) is 13.5. The van der Waals surface area contributed by atoms with Crippen LogP contribution < -0.4 is 0 Å². The van der Waals surface area contributed by atoms with Gasteiger partial charge in [0.25, 0.3) is 0 Å². The van der Waals surface area contributed by atoms with Gasteiger partial charge in [0.1, 0.15) is 6.04 Å². The van der Waals surface area contributed by atoms with Crippen molar-refractivity contribution in [3.8, 4) is 0 Å². The van der Waals surface area contributed by atoms with E-state index < -0.39 is 0 Å². The van der Waals surface area contributed by atoms with Crippen LogP contribution in [0.25, 0.3) is 0 Å². The van der Waals surface area contributed by atoms with Crippen LogP contribution in [0.3, 0.4) is 0 Å². The molecule has 23 heavy (non-hydrogen) atoms. The number of esters is 1. The van der Waals surface area contributed by atoms with E-state index in [0.717, 1.165) is 6.42 Å². The van der Waals surface area contributed by atoms with Gasteiger partial charge in [-0.2, -0.15) is 0 Å². The lowest BCUT2D eigenvalue weighted by atomic mass is 9.90. The molecule has 2 aliphatic rings. The minimum Gasteiger partial charge on any atom is -0.465 e. The lowest BCUT2D eigenvalue weighted by molar-refractivity contribution is -0.150. The van der Waals surface area contributed by atoms with Crippen LogP contribution in [0, 0.1) is 0 Å². The van der Waals surface area contributed by atoms with Crippen molar-refractivity contribution < 1.29 is 9.53 Å². The van der Waals surface area contributed by atoms with Crippen molar-refractivity contribution >= 4 is 5.97 Å². The monoisotopic (exact) mass is 307 g/mol. The Kier molecular flexibility index (Phi) is 3.46. The first-order chi connectivity index (χ1) is 11.2. The molecule has 0 radical (unpaired) electrons. The van der Waals surface area contributed by atoms with Gasteiger partial charge in [0.05, 0.1) is 12.6 Å². The second-order valence-corrected chi connectivity index (χ2v) is 6.33. The number of ether oxygens (including phenoxy) is 1. The normalized spacial score (nSPS) is 23.0. The molecule has 0 fully saturated rings. The third-order valence-electron chi connectivity index (χ3n) is 5.15. The van der Waals surface area contributed by atoms with E-state index >= 15 is 0 Å². The Labute approximate surface area is 136 Å². The predicted octanol–water partition coefficient (Wildman–Crippen LogP) is 3.64. The van der Waals surface area contributed by atoms with Gasteiger partial charge in [0.2, 0.25) is 0 Å². The standard InChI is InChI=1S/C20H21NO2/c1-3-23-20(22)13(2)21-18-12-14-8-4-5-9-15(14)19(21)17-11-7-6-10-16(17)18/h4-11,13,18-19H,3,12H2,1-2H3. The SMILES string of the molecule is CCOC(=O)C(C)N1C2Cc3ccccc3C1c1ccccc12. The van der Waals surface area contributed by atoms with E-state index in [1.54, 1.807) is 0 Å². The predicted molar refractivity (Wildman–Crippen MR) is 89.1 cm³/mol. The van der Waals surface area contributed by atoms with Gasteiger partial charge in [-0.1, -0.05) is 48.5 Å². The first-order valence-electron chi connectivity index (χ1n) is 8.33. The van der Waals surface area contributed by atoms with Gasteiger partial charge in [-0.15, -0.1) is 0 Å². The summed E-state index contributed by atoms with van der Waals surface area (Å²) in [5.74, 6) is -0.130. The highest BCUT2D eigenvalue weighted by Crippen LogP contribution is 2.52. The summed E-state index contributed by atoms with van der Waals surface area (Å²) in [5, 5.41) is 0. The second-order valence-electron chi connectivity index (χ2n) is 6.33. The molecule has 2 aromatic rings. The van der Waals surface area contributed by atoms with Crippen LogP contribution in [0.1, 0.15) is 48.2 Å². The molecule has 2 bridgehead atoms. The molecule has 4 rings (SSSR count). The highest BCUT2D eigenvalue weighted by Gasteiger charge is 2.47. The summed E-state index contributed by atoms with van der Waals surface area (Å²) in [6.07, 6.45) is 0.952. The molecule has 3 heteroatoms. The molecular weight excluding hydrogens is 286 g/mol. The highest BCUT2D eigenvalue weighted by molar-refractivity contribution is 5.76. The van der Waals surface area contributed by atoms with Crippen molar-refractivity contribution in [3.05, 3.63) is 70.8 Å². The molecule has 0 aromatic heterocycles. The lowest BCUT2D eigenvalue weighted by Gasteiger charge is -2.39. The maximum atomic E-state index is 12.4. The summed E-state index contributed by atoms with van der Waals surface area (Å²) in [5.41, 5.74) is 5.40. The molecule has 0 spiro atoms. The van der Waals surface area contributed by atoms with Gasteiger partial charge >= 0.3 is 5.97 Å². The number of benzene rings is 2. The maximum Gasteiger partial charge on any atom is 0.323 e. The van der Waals surface area contributed by atoms with E-state index in [1.165, 1.54) is 22.3 Å². The highest BCUT2D eigenvalue weighted by atomic mass is 16.5. The summed E-state index contributed by atoms with van der Waals surface area (Å²) >= 11 is 0. The summed E-state index contributed by atoms with van der Waals surface area (Å²) in [6, 6.07) is 17.4. The number of carbonyl (C=O) groups excluding carboxylic acids is 1. The molecule has 0 saturated carbocycles. The van der Waals surface area contributed by atoms with Gasteiger partial charge in [-0.3, -0.25) is 9.69 Å². The number of hydrogen-bond acceptors (Lipinski definition) is 3. The summed E-state index contributed by atoms with van der Waals surface area (Å²) in [6.45, 7) is 4.26. The minimum atomic E-state index is -0.245. The summed E-state index contributed by atoms with van der Waals surface area (Å²) in [7, 11) is 0. The molecule has 2 aromatic carbocycles. The van der Waals surface area contributed by atoms with Crippen molar-refractivity contribution in [2.24, 2.45) is 0 Å². The third-order valence-corrected chi connectivity index (χ3v) is 5.15. The molecular formula is C20H21NO2. The van der Waals surface area contributed by atoms with E-state index in [0.29, 0.717) is 6.61 Å². The zero-order chi connectivity index (χ0) is 16.0. The van der Waals surface area contributed by atoms with Crippen LogP contribution >= 0.6 is 0 Å². The molecule has 3 atom stereocenters. The Morgan fingerprint density at radius 1 is 1.13 bits per heavy atom. The molecule has 0 saturated heterocycles. The number of fused-ring (bicyclic) bond motifs is 7. The Balaban J connectivity index is 1.83. The molecule has 0 aliphatic carbocycles. The average Bonchev–Trinajstić information content (AvgIpc) is 2.82. The van der Waals surface area contributed by atoms with Gasteiger partial charge in [-0.25, -0.2) is 0 Å². The molecule has 0 N–H and O–H groups in total. The Bertz CT molecular complexity index is 744. The summed E-state index contributed by atoms with van der Waals surface area (Å²) < 4.78 is 5.29. The smallest absolute Gasteiger partial charge is 0.323 e. The van der Waals surface area contributed by atoms with Crippen molar-refractivity contribution in [3.63, 3.8) is 0 Å². The van der Waals surface area contributed by atoms with Crippen LogP contribution in [0.15, 0.2) is 48.5 Å². The quantitative estimate of drug-likeness (QED) is 0.811. The maximum absolute atomic E-state index is 12.4. The first kappa shape index (κ1) is 14.5.